The van der Waals surface area contributed by atoms with E-state index < -0.39 is 0 Å². The number of hydrogen-bond acceptors (Lipinski definition) is 5. The number of aryl methyl sites for hydroxylation is 1. The van der Waals surface area contributed by atoms with Crippen LogP contribution in [-0.2, 0) is 11.3 Å². The van der Waals surface area contributed by atoms with Gasteiger partial charge in [-0.05, 0) is 55.8 Å². The fourth-order valence-corrected chi connectivity index (χ4v) is 4.23. The zero-order valence-electron chi connectivity index (χ0n) is 18.6. The van der Waals surface area contributed by atoms with Crippen molar-refractivity contribution in [3.8, 4) is 11.4 Å². The number of ether oxygens (including phenoxy) is 1. The molecule has 0 spiro atoms. The van der Waals surface area contributed by atoms with E-state index in [0.717, 1.165) is 11.3 Å². The summed E-state index contributed by atoms with van der Waals surface area (Å²) >= 11 is 1.24. The lowest BCUT2D eigenvalue weighted by molar-refractivity contribution is -0.118. The Morgan fingerprint density at radius 1 is 1.03 bits per heavy atom. The quantitative estimate of drug-likeness (QED) is 0.310. The normalized spacial score (nSPS) is 10.8. The monoisotopic (exact) mass is 459 g/mol. The lowest BCUT2D eigenvalue weighted by Crippen LogP contribution is -2.26. The molecule has 3 aromatic carbocycles. The van der Waals surface area contributed by atoms with Crippen LogP contribution in [0.15, 0.2) is 82.7 Å². The maximum absolute atomic E-state index is 13.3. The molecule has 0 bridgehead atoms. The Balaban J connectivity index is 1.57. The fraction of sp³-hybridized carbons (Fsp3) is 0.192. The van der Waals surface area contributed by atoms with E-state index in [-0.39, 0.29) is 17.2 Å². The lowest BCUT2D eigenvalue weighted by atomic mass is 10.1. The second-order valence-corrected chi connectivity index (χ2v) is 8.47. The molecule has 1 heterocycles. The Morgan fingerprint density at radius 3 is 2.48 bits per heavy atom. The number of thioether (sulfide) groups is 1. The summed E-state index contributed by atoms with van der Waals surface area (Å²) in [5, 5.41) is 3.92. The number of fused-ring (bicyclic) bond motifs is 1. The average Bonchev–Trinajstić information content (AvgIpc) is 2.83. The van der Waals surface area contributed by atoms with Crippen LogP contribution in [0, 0.1) is 6.92 Å². The summed E-state index contributed by atoms with van der Waals surface area (Å²) in [7, 11) is 0. The van der Waals surface area contributed by atoms with Gasteiger partial charge in [0.25, 0.3) is 5.56 Å². The molecule has 7 heteroatoms. The van der Waals surface area contributed by atoms with Crippen molar-refractivity contribution in [2.45, 2.75) is 25.5 Å². The molecule has 0 aliphatic rings. The van der Waals surface area contributed by atoms with Gasteiger partial charge in [0.2, 0.25) is 5.91 Å². The van der Waals surface area contributed by atoms with Gasteiger partial charge in [0.05, 0.1) is 29.0 Å². The zero-order chi connectivity index (χ0) is 23.2. The van der Waals surface area contributed by atoms with Crippen LogP contribution in [0.2, 0.25) is 0 Å². The summed E-state index contributed by atoms with van der Waals surface area (Å²) in [6, 6.07) is 22.6. The molecule has 0 atom stereocenters. The molecule has 4 rings (SSSR count). The largest absolute Gasteiger partial charge is 0.494 e. The van der Waals surface area contributed by atoms with E-state index in [0.29, 0.717) is 34.9 Å². The number of amides is 1. The van der Waals surface area contributed by atoms with Crippen molar-refractivity contribution in [3.05, 3.63) is 94.3 Å². The van der Waals surface area contributed by atoms with Crippen LogP contribution in [0.25, 0.3) is 16.6 Å². The van der Waals surface area contributed by atoms with E-state index in [2.05, 4.69) is 10.3 Å². The Hall–Kier alpha value is -3.58. The van der Waals surface area contributed by atoms with Gasteiger partial charge < -0.3 is 10.1 Å². The van der Waals surface area contributed by atoms with Crippen molar-refractivity contribution >= 4 is 28.6 Å². The molecular formula is C26H25N3O3S. The lowest BCUT2D eigenvalue weighted by Gasteiger charge is -2.14. The van der Waals surface area contributed by atoms with Gasteiger partial charge in [-0.25, -0.2) is 4.98 Å². The smallest absolute Gasteiger partial charge is 0.266 e. The molecule has 0 saturated heterocycles. The maximum Gasteiger partial charge on any atom is 0.266 e. The first kappa shape index (κ1) is 22.6. The molecule has 0 unspecified atom stereocenters. The summed E-state index contributed by atoms with van der Waals surface area (Å²) in [5.41, 5.74) is 3.31. The Morgan fingerprint density at radius 2 is 1.76 bits per heavy atom. The van der Waals surface area contributed by atoms with Gasteiger partial charge in [0, 0.05) is 6.54 Å². The number of nitrogens with one attached hydrogen (secondary N) is 1. The van der Waals surface area contributed by atoms with Crippen LogP contribution in [0.3, 0.4) is 0 Å². The molecule has 0 radical (unpaired) electrons. The standard InChI is InChI=1S/C26H25N3O3S/c1-3-32-21-14-12-20(13-15-21)29-25(31)22-6-4-5-7-23(22)28-26(29)33-17-24(30)27-16-19-10-8-18(2)9-11-19/h4-15H,3,16-17H2,1-2H3,(H,27,30). The third kappa shape index (κ3) is 5.43. The first-order chi connectivity index (χ1) is 16.0. The first-order valence-corrected chi connectivity index (χ1v) is 11.7. The minimum absolute atomic E-state index is 0.124. The summed E-state index contributed by atoms with van der Waals surface area (Å²) in [6.45, 7) is 4.97. The molecule has 0 saturated carbocycles. The van der Waals surface area contributed by atoms with Crippen molar-refractivity contribution in [3.63, 3.8) is 0 Å². The fourth-order valence-electron chi connectivity index (χ4n) is 3.38. The predicted octanol–water partition coefficient (Wildman–Crippen LogP) is 4.50. The molecule has 1 N–H and O–H groups in total. The number of carbonyl (C=O) groups excluding carboxylic acids is 1. The van der Waals surface area contributed by atoms with Crippen LogP contribution in [0.4, 0.5) is 0 Å². The van der Waals surface area contributed by atoms with Crippen LogP contribution in [-0.4, -0.2) is 27.8 Å². The van der Waals surface area contributed by atoms with E-state index in [9.17, 15) is 9.59 Å². The average molecular weight is 460 g/mol. The van der Waals surface area contributed by atoms with Gasteiger partial charge in [-0.2, -0.15) is 0 Å². The highest BCUT2D eigenvalue weighted by molar-refractivity contribution is 7.99. The van der Waals surface area contributed by atoms with E-state index in [1.165, 1.54) is 17.3 Å². The van der Waals surface area contributed by atoms with Crippen molar-refractivity contribution in [2.24, 2.45) is 0 Å². The van der Waals surface area contributed by atoms with Crippen LogP contribution in [0.1, 0.15) is 18.1 Å². The van der Waals surface area contributed by atoms with Gasteiger partial charge in [-0.3, -0.25) is 14.2 Å². The second kappa shape index (κ2) is 10.4. The number of nitrogens with zero attached hydrogens (tertiary/aromatic N) is 2. The highest BCUT2D eigenvalue weighted by Crippen LogP contribution is 2.23. The molecule has 6 nitrogen and oxygen atoms in total. The highest BCUT2D eigenvalue weighted by atomic mass is 32.2. The Kier molecular flexibility index (Phi) is 7.10. The van der Waals surface area contributed by atoms with Crippen LogP contribution in [0.5, 0.6) is 5.75 Å². The maximum atomic E-state index is 13.3. The molecule has 168 valence electrons. The van der Waals surface area contributed by atoms with E-state index in [4.69, 9.17) is 4.74 Å². The van der Waals surface area contributed by atoms with E-state index >= 15 is 0 Å². The number of rotatable bonds is 8. The van der Waals surface area contributed by atoms with Crippen molar-refractivity contribution in [1.29, 1.82) is 0 Å². The van der Waals surface area contributed by atoms with Gasteiger partial charge >= 0.3 is 0 Å². The number of hydrogen-bond donors (Lipinski definition) is 1. The predicted molar refractivity (Wildman–Crippen MR) is 132 cm³/mol. The van der Waals surface area contributed by atoms with Gasteiger partial charge in [0.15, 0.2) is 5.16 Å². The zero-order valence-corrected chi connectivity index (χ0v) is 19.4. The molecule has 1 amide bonds. The molecular weight excluding hydrogens is 434 g/mol. The molecule has 0 aliphatic heterocycles. The SMILES string of the molecule is CCOc1ccc(-n2c(SCC(=O)NCc3ccc(C)cc3)nc3ccccc3c2=O)cc1. The Bertz CT molecular complexity index is 1320. The van der Waals surface area contributed by atoms with Gasteiger partial charge in [-0.15, -0.1) is 0 Å². The highest BCUT2D eigenvalue weighted by Gasteiger charge is 2.15. The van der Waals surface area contributed by atoms with Gasteiger partial charge in [-0.1, -0.05) is 53.7 Å². The summed E-state index contributed by atoms with van der Waals surface area (Å²) < 4.78 is 7.07. The van der Waals surface area contributed by atoms with Crippen molar-refractivity contribution in [1.82, 2.24) is 14.9 Å². The summed E-state index contributed by atoms with van der Waals surface area (Å²) in [4.78, 5) is 30.5. The minimum Gasteiger partial charge on any atom is -0.494 e. The molecule has 0 fully saturated rings. The molecule has 1 aromatic heterocycles. The summed E-state index contributed by atoms with van der Waals surface area (Å²) in [6.07, 6.45) is 0. The number of aromatic nitrogens is 2. The topological polar surface area (TPSA) is 73.2 Å². The summed E-state index contributed by atoms with van der Waals surface area (Å²) in [5.74, 6) is 0.752. The van der Waals surface area contributed by atoms with E-state index in [1.54, 1.807) is 16.7 Å². The molecule has 4 aromatic rings. The van der Waals surface area contributed by atoms with Gasteiger partial charge in [0.1, 0.15) is 5.75 Å². The Labute approximate surface area is 196 Å². The molecule has 33 heavy (non-hydrogen) atoms. The van der Waals surface area contributed by atoms with E-state index in [1.807, 2.05) is 74.5 Å². The third-order valence-electron chi connectivity index (χ3n) is 5.09. The first-order valence-electron chi connectivity index (χ1n) is 10.7. The number of carbonyl (C=O) groups is 1. The molecule has 0 aliphatic carbocycles. The second-order valence-electron chi connectivity index (χ2n) is 7.53. The third-order valence-corrected chi connectivity index (χ3v) is 6.03. The number of benzene rings is 3. The van der Waals surface area contributed by atoms with Crippen LogP contribution >= 0.6 is 11.8 Å². The number of para-hydroxylation sites is 1. The minimum atomic E-state index is -0.174. The van der Waals surface area contributed by atoms with Crippen molar-refractivity contribution < 1.29 is 9.53 Å². The van der Waals surface area contributed by atoms with Crippen LogP contribution < -0.4 is 15.6 Å². The van der Waals surface area contributed by atoms with Crippen molar-refractivity contribution in [2.75, 3.05) is 12.4 Å².